The number of hydrogen-bond donors (Lipinski definition) is 1. The third-order valence-corrected chi connectivity index (χ3v) is 3.21. The van der Waals surface area contributed by atoms with Crippen LogP contribution in [-0.2, 0) is 6.42 Å². The Morgan fingerprint density at radius 1 is 1.56 bits per heavy atom. The first-order valence-electron chi connectivity index (χ1n) is 5.71. The monoisotopic (exact) mass is 235 g/mol. The number of pyridine rings is 1. The van der Waals surface area contributed by atoms with Gasteiger partial charge in [0.15, 0.2) is 5.15 Å². The molecule has 1 N–H and O–H groups in total. The Labute approximate surface area is 99.4 Å². The van der Waals surface area contributed by atoms with Crippen molar-refractivity contribution in [2.24, 2.45) is 0 Å². The predicted octanol–water partition coefficient (Wildman–Crippen LogP) is 3.12. The smallest absolute Gasteiger partial charge is 0.155 e. The quantitative estimate of drug-likeness (QED) is 0.886. The Bertz CT molecular complexity index is 528. The summed E-state index contributed by atoms with van der Waals surface area (Å²) in [6.45, 7) is 2.08. The van der Waals surface area contributed by atoms with Gasteiger partial charge in [-0.3, -0.25) is 0 Å². The summed E-state index contributed by atoms with van der Waals surface area (Å²) in [5.74, 6) is 1.01. The molecule has 3 rings (SSSR count). The van der Waals surface area contributed by atoms with Crippen LogP contribution in [0.3, 0.4) is 0 Å². The highest BCUT2D eigenvalue weighted by Gasteiger charge is 2.21. The fourth-order valence-corrected chi connectivity index (χ4v) is 2.15. The number of fused-ring (bicyclic) bond motifs is 1. The maximum atomic E-state index is 6.12. The molecule has 3 nitrogen and oxygen atoms in total. The molecule has 0 atom stereocenters. The van der Waals surface area contributed by atoms with Crippen LogP contribution in [0.5, 0.6) is 0 Å². The molecule has 1 saturated carbocycles. The van der Waals surface area contributed by atoms with Gasteiger partial charge in [0.2, 0.25) is 0 Å². The number of nitrogens with one attached hydrogen (secondary N) is 1. The molecule has 0 bridgehead atoms. The number of halogens is 1. The molecule has 0 aliphatic heterocycles. The maximum absolute atomic E-state index is 6.12. The van der Waals surface area contributed by atoms with Gasteiger partial charge in [0.1, 0.15) is 5.82 Å². The van der Waals surface area contributed by atoms with Crippen molar-refractivity contribution >= 4 is 22.8 Å². The van der Waals surface area contributed by atoms with Gasteiger partial charge in [0.05, 0.1) is 5.52 Å². The number of anilines is 1. The van der Waals surface area contributed by atoms with Gasteiger partial charge in [-0.1, -0.05) is 18.5 Å². The van der Waals surface area contributed by atoms with E-state index in [-0.39, 0.29) is 0 Å². The normalized spacial score (nSPS) is 15.6. The van der Waals surface area contributed by atoms with Crippen molar-refractivity contribution in [2.45, 2.75) is 32.2 Å². The van der Waals surface area contributed by atoms with Crippen molar-refractivity contribution < 1.29 is 0 Å². The average Bonchev–Trinajstić information content (AvgIpc) is 3.04. The van der Waals surface area contributed by atoms with Crippen LogP contribution in [-0.4, -0.2) is 15.4 Å². The Balaban J connectivity index is 2.05. The number of aromatic nitrogens is 2. The molecular formula is C12H14ClN3. The van der Waals surface area contributed by atoms with Crippen LogP contribution in [0.1, 0.15) is 25.6 Å². The van der Waals surface area contributed by atoms with Crippen LogP contribution < -0.4 is 5.32 Å². The molecule has 2 heterocycles. The Morgan fingerprint density at radius 3 is 3.06 bits per heavy atom. The van der Waals surface area contributed by atoms with E-state index in [0.29, 0.717) is 11.2 Å². The van der Waals surface area contributed by atoms with Crippen molar-refractivity contribution in [3.63, 3.8) is 0 Å². The van der Waals surface area contributed by atoms with Gasteiger partial charge in [0.25, 0.3) is 0 Å². The van der Waals surface area contributed by atoms with Gasteiger partial charge in [-0.25, -0.2) is 4.98 Å². The van der Waals surface area contributed by atoms with Gasteiger partial charge >= 0.3 is 0 Å². The van der Waals surface area contributed by atoms with Gasteiger partial charge in [-0.15, -0.1) is 0 Å². The van der Waals surface area contributed by atoms with Crippen LogP contribution in [0.15, 0.2) is 18.3 Å². The lowest BCUT2D eigenvalue weighted by Gasteiger charge is -2.05. The summed E-state index contributed by atoms with van der Waals surface area (Å²) in [7, 11) is 0. The molecular weight excluding hydrogens is 222 g/mol. The number of rotatable bonds is 3. The molecule has 0 amide bonds. The van der Waals surface area contributed by atoms with E-state index in [2.05, 4.69) is 33.8 Å². The molecule has 0 saturated heterocycles. The number of aryl methyl sites for hydroxylation is 1. The van der Waals surface area contributed by atoms with E-state index in [4.69, 9.17) is 11.6 Å². The lowest BCUT2D eigenvalue weighted by atomic mass is 10.3. The van der Waals surface area contributed by atoms with Crippen LogP contribution in [0.4, 0.5) is 5.69 Å². The van der Waals surface area contributed by atoms with Crippen molar-refractivity contribution in [1.29, 1.82) is 0 Å². The lowest BCUT2D eigenvalue weighted by Crippen LogP contribution is -2.01. The fourth-order valence-electron chi connectivity index (χ4n) is 1.91. The summed E-state index contributed by atoms with van der Waals surface area (Å²) >= 11 is 6.12. The van der Waals surface area contributed by atoms with Crippen LogP contribution in [0.2, 0.25) is 5.15 Å². The Kier molecular flexibility index (Phi) is 2.28. The Hall–Kier alpha value is -1.22. The minimum Gasteiger partial charge on any atom is -0.382 e. The molecule has 0 spiro atoms. The van der Waals surface area contributed by atoms with Crippen LogP contribution in [0.25, 0.3) is 5.52 Å². The van der Waals surface area contributed by atoms with E-state index < -0.39 is 0 Å². The second-order valence-electron chi connectivity index (χ2n) is 4.26. The van der Waals surface area contributed by atoms with E-state index in [1.54, 1.807) is 0 Å². The highest BCUT2D eigenvalue weighted by Crippen LogP contribution is 2.27. The Morgan fingerprint density at radius 2 is 2.38 bits per heavy atom. The molecule has 4 heteroatoms. The third-order valence-electron chi connectivity index (χ3n) is 2.94. The minimum absolute atomic E-state index is 0.594. The number of hydrogen-bond acceptors (Lipinski definition) is 2. The highest BCUT2D eigenvalue weighted by molar-refractivity contribution is 6.32. The summed E-state index contributed by atoms with van der Waals surface area (Å²) in [6.07, 6.45) is 5.48. The van der Waals surface area contributed by atoms with Gasteiger partial charge in [0, 0.05) is 24.3 Å². The van der Waals surface area contributed by atoms with E-state index >= 15 is 0 Å². The molecule has 2 aromatic rings. The summed E-state index contributed by atoms with van der Waals surface area (Å²) in [6, 6.07) is 4.82. The van der Waals surface area contributed by atoms with Crippen molar-refractivity contribution in [2.75, 3.05) is 5.32 Å². The zero-order chi connectivity index (χ0) is 11.1. The van der Waals surface area contributed by atoms with E-state index in [9.17, 15) is 0 Å². The molecule has 0 aromatic carbocycles. The van der Waals surface area contributed by atoms with E-state index in [0.717, 1.165) is 23.4 Å². The lowest BCUT2D eigenvalue weighted by molar-refractivity contribution is 0.933. The zero-order valence-corrected chi connectivity index (χ0v) is 9.96. The summed E-state index contributed by atoms with van der Waals surface area (Å²) < 4.78 is 2.06. The van der Waals surface area contributed by atoms with Gasteiger partial charge in [-0.2, -0.15) is 0 Å². The first kappa shape index (κ1) is 9.97. The topological polar surface area (TPSA) is 29.3 Å². The molecule has 0 unspecified atom stereocenters. The van der Waals surface area contributed by atoms with Gasteiger partial charge < -0.3 is 9.72 Å². The van der Waals surface area contributed by atoms with E-state index in [1.165, 1.54) is 12.8 Å². The van der Waals surface area contributed by atoms with E-state index in [1.807, 2.05) is 6.20 Å². The first-order chi connectivity index (χ1) is 7.78. The second kappa shape index (κ2) is 3.67. The SMILES string of the molecule is CCc1nc(Cl)c2cc(NC3CC3)ccn12. The fraction of sp³-hybridized carbons (Fsp3) is 0.417. The molecule has 1 aliphatic carbocycles. The largest absolute Gasteiger partial charge is 0.382 e. The highest BCUT2D eigenvalue weighted by atomic mass is 35.5. The standard InChI is InChI=1S/C12H14ClN3/c1-2-11-15-12(13)10-7-9(5-6-16(10)11)14-8-3-4-8/h5-8,14H,2-4H2,1H3. The first-order valence-corrected chi connectivity index (χ1v) is 6.08. The summed E-state index contributed by atoms with van der Waals surface area (Å²) in [5.41, 5.74) is 2.13. The molecule has 1 aliphatic rings. The van der Waals surface area contributed by atoms with Crippen molar-refractivity contribution in [3.8, 4) is 0 Å². The summed E-state index contributed by atoms with van der Waals surface area (Å²) in [4.78, 5) is 4.34. The molecule has 2 aromatic heterocycles. The molecule has 16 heavy (non-hydrogen) atoms. The maximum Gasteiger partial charge on any atom is 0.155 e. The number of nitrogens with zero attached hydrogens (tertiary/aromatic N) is 2. The molecule has 84 valence electrons. The summed E-state index contributed by atoms with van der Waals surface area (Å²) in [5, 5.41) is 4.06. The van der Waals surface area contributed by atoms with Crippen molar-refractivity contribution in [3.05, 3.63) is 29.3 Å². The molecule has 1 fully saturated rings. The second-order valence-corrected chi connectivity index (χ2v) is 4.62. The van der Waals surface area contributed by atoms with Gasteiger partial charge in [-0.05, 0) is 25.0 Å². The average molecular weight is 236 g/mol. The molecule has 0 radical (unpaired) electrons. The minimum atomic E-state index is 0.594. The van der Waals surface area contributed by atoms with Crippen LogP contribution >= 0.6 is 11.6 Å². The predicted molar refractivity (Wildman–Crippen MR) is 66.2 cm³/mol. The van der Waals surface area contributed by atoms with Crippen LogP contribution in [0, 0.1) is 0 Å². The number of imidazole rings is 1. The third kappa shape index (κ3) is 1.65. The zero-order valence-electron chi connectivity index (χ0n) is 9.20. The van der Waals surface area contributed by atoms with Crippen molar-refractivity contribution in [1.82, 2.24) is 9.38 Å².